The van der Waals surface area contributed by atoms with Gasteiger partial charge in [-0.2, -0.15) is 0 Å². The molecule has 0 radical (unpaired) electrons. The summed E-state index contributed by atoms with van der Waals surface area (Å²) in [6.45, 7) is 0.472. The predicted octanol–water partition coefficient (Wildman–Crippen LogP) is 1.48. The third kappa shape index (κ3) is 4.96. The first-order valence-electron chi connectivity index (χ1n) is 8.22. The first-order chi connectivity index (χ1) is 11.2. The van der Waals surface area contributed by atoms with Gasteiger partial charge in [0.1, 0.15) is 0 Å². The average Bonchev–Trinajstić information content (AvgIpc) is 3.25. The summed E-state index contributed by atoms with van der Waals surface area (Å²) in [7, 11) is 0. The maximum absolute atomic E-state index is 11.7. The fourth-order valence-electron chi connectivity index (χ4n) is 2.70. The molecular weight excluding hydrogens is 294 g/mol. The zero-order valence-electron chi connectivity index (χ0n) is 13.1. The molecule has 1 aliphatic carbocycles. The molecule has 3 N–H and O–H groups in total. The number of amides is 3. The molecule has 0 aromatic heterocycles. The van der Waals surface area contributed by atoms with E-state index in [1.54, 1.807) is 0 Å². The van der Waals surface area contributed by atoms with Gasteiger partial charge in [-0.3, -0.25) is 4.79 Å². The molecule has 0 unspecified atom stereocenters. The maximum atomic E-state index is 11.7. The van der Waals surface area contributed by atoms with Crippen molar-refractivity contribution in [3.05, 3.63) is 35.9 Å². The van der Waals surface area contributed by atoms with Crippen LogP contribution in [0.5, 0.6) is 0 Å². The average molecular weight is 317 g/mol. The van der Waals surface area contributed by atoms with Crippen molar-refractivity contribution < 1.29 is 14.3 Å². The molecule has 0 spiro atoms. The minimum Gasteiger partial charge on any atom is -0.368 e. The van der Waals surface area contributed by atoms with Crippen molar-refractivity contribution in [2.45, 2.75) is 43.9 Å². The zero-order valence-corrected chi connectivity index (χ0v) is 13.1. The molecule has 2 atom stereocenters. The second-order valence-corrected chi connectivity index (χ2v) is 6.14. The fraction of sp³-hybridized carbons (Fsp3) is 0.529. The molecule has 1 aromatic carbocycles. The van der Waals surface area contributed by atoms with Gasteiger partial charge in [-0.25, -0.2) is 4.79 Å². The Labute approximate surface area is 136 Å². The van der Waals surface area contributed by atoms with Gasteiger partial charge < -0.3 is 20.7 Å². The Hall–Kier alpha value is -2.08. The molecule has 23 heavy (non-hydrogen) atoms. The Bertz CT molecular complexity index is 545. The normalized spacial score (nSPS) is 23.3. The van der Waals surface area contributed by atoms with E-state index in [2.05, 4.69) is 28.1 Å². The molecule has 1 saturated carbocycles. The molecule has 2 fully saturated rings. The Morgan fingerprint density at radius 3 is 2.57 bits per heavy atom. The number of benzene rings is 1. The van der Waals surface area contributed by atoms with Gasteiger partial charge in [0.05, 0.1) is 18.8 Å². The maximum Gasteiger partial charge on any atom is 0.315 e. The van der Waals surface area contributed by atoms with E-state index in [9.17, 15) is 9.59 Å². The van der Waals surface area contributed by atoms with Gasteiger partial charge in [-0.05, 0) is 31.2 Å². The van der Waals surface area contributed by atoms with Crippen LogP contribution in [0.15, 0.2) is 30.3 Å². The van der Waals surface area contributed by atoms with E-state index in [4.69, 9.17) is 4.74 Å². The molecule has 1 aromatic rings. The van der Waals surface area contributed by atoms with Crippen LogP contribution in [0.2, 0.25) is 0 Å². The summed E-state index contributed by atoms with van der Waals surface area (Å²) in [5.41, 5.74) is 1.18. The van der Waals surface area contributed by atoms with E-state index in [0.717, 1.165) is 25.7 Å². The number of rotatable bonds is 6. The van der Waals surface area contributed by atoms with Crippen LogP contribution in [0, 0.1) is 0 Å². The summed E-state index contributed by atoms with van der Waals surface area (Å²) in [4.78, 5) is 23.2. The van der Waals surface area contributed by atoms with Crippen molar-refractivity contribution in [1.29, 1.82) is 0 Å². The van der Waals surface area contributed by atoms with Crippen molar-refractivity contribution in [3.63, 3.8) is 0 Å². The Morgan fingerprint density at radius 2 is 1.83 bits per heavy atom. The zero-order chi connectivity index (χ0) is 16.1. The van der Waals surface area contributed by atoms with E-state index in [-0.39, 0.29) is 30.7 Å². The van der Waals surface area contributed by atoms with Crippen LogP contribution in [0.4, 0.5) is 4.79 Å². The number of nitrogens with one attached hydrogen (secondary N) is 3. The molecule has 1 heterocycles. The highest BCUT2D eigenvalue weighted by Gasteiger charge is 2.26. The number of hydrogen-bond donors (Lipinski definition) is 3. The van der Waals surface area contributed by atoms with Gasteiger partial charge in [0, 0.05) is 12.6 Å². The minimum atomic E-state index is -0.331. The van der Waals surface area contributed by atoms with Crippen LogP contribution >= 0.6 is 0 Å². The summed E-state index contributed by atoms with van der Waals surface area (Å²) in [6.07, 6.45) is 4.09. The van der Waals surface area contributed by atoms with Crippen molar-refractivity contribution in [2.75, 3.05) is 13.1 Å². The molecule has 2 aliphatic rings. The molecule has 1 saturated heterocycles. The number of ether oxygens (including phenoxy) is 1. The SMILES string of the molecule is O=C(CNC(=O)NC[C@H]1CC[C@@H](c2ccccc2)O1)NC1CC1. The summed E-state index contributed by atoms with van der Waals surface area (Å²) in [6, 6.07) is 10.1. The molecule has 6 heteroatoms. The van der Waals surface area contributed by atoms with Crippen LogP contribution in [-0.2, 0) is 9.53 Å². The van der Waals surface area contributed by atoms with Crippen molar-refractivity contribution in [2.24, 2.45) is 0 Å². The fourth-order valence-corrected chi connectivity index (χ4v) is 2.70. The molecule has 6 nitrogen and oxygen atoms in total. The van der Waals surface area contributed by atoms with Crippen molar-refractivity contribution in [3.8, 4) is 0 Å². The van der Waals surface area contributed by atoms with E-state index < -0.39 is 0 Å². The first-order valence-corrected chi connectivity index (χ1v) is 8.22. The Morgan fingerprint density at radius 1 is 1.04 bits per heavy atom. The molecule has 0 bridgehead atoms. The molecule has 124 valence electrons. The lowest BCUT2D eigenvalue weighted by Crippen LogP contribution is -2.44. The van der Waals surface area contributed by atoms with Gasteiger partial charge in [0.15, 0.2) is 0 Å². The summed E-state index contributed by atoms with van der Waals surface area (Å²) in [5.74, 6) is -0.135. The lowest BCUT2D eigenvalue weighted by atomic mass is 10.1. The van der Waals surface area contributed by atoms with Crippen LogP contribution in [0.25, 0.3) is 0 Å². The standard InChI is InChI=1S/C17H23N3O3/c21-16(20-13-6-7-13)11-19-17(22)18-10-14-8-9-15(23-14)12-4-2-1-3-5-12/h1-5,13-15H,6-11H2,(H,20,21)(H2,18,19,22)/t14-,15+/m1/s1. The van der Waals surface area contributed by atoms with E-state index in [1.165, 1.54) is 5.56 Å². The van der Waals surface area contributed by atoms with Crippen LogP contribution in [0.3, 0.4) is 0 Å². The van der Waals surface area contributed by atoms with Gasteiger partial charge in [-0.1, -0.05) is 30.3 Å². The largest absolute Gasteiger partial charge is 0.368 e. The van der Waals surface area contributed by atoms with Gasteiger partial charge in [0.25, 0.3) is 0 Å². The highest BCUT2D eigenvalue weighted by atomic mass is 16.5. The monoisotopic (exact) mass is 317 g/mol. The Balaban J connectivity index is 1.32. The molecule has 3 rings (SSSR count). The van der Waals surface area contributed by atoms with Crippen molar-refractivity contribution in [1.82, 2.24) is 16.0 Å². The lowest BCUT2D eigenvalue weighted by Gasteiger charge is -2.15. The van der Waals surface area contributed by atoms with Gasteiger partial charge >= 0.3 is 6.03 Å². The first kappa shape index (κ1) is 15.8. The quantitative estimate of drug-likeness (QED) is 0.743. The van der Waals surface area contributed by atoms with E-state index >= 15 is 0 Å². The molecule has 1 aliphatic heterocycles. The molecular formula is C17H23N3O3. The highest BCUT2D eigenvalue weighted by molar-refractivity contribution is 5.84. The van der Waals surface area contributed by atoms with Crippen LogP contribution in [-0.4, -0.2) is 37.2 Å². The second kappa shape index (κ2) is 7.46. The predicted molar refractivity (Wildman–Crippen MR) is 85.9 cm³/mol. The topological polar surface area (TPSA) is 79.5 Å². The summed E-state index contributed by atoms with van der Waals surface area (Å²) >= 11 is 0. The number of carbonyl (C=O) groups is 2. The smallest absolute Gasteiger partial charge is 0.315 e. The molecule has 3 amide bonds. The Kier molecular flexibility index (Phi) is 5.12. The van der Waals surface area contributed by atoms with E-state index in [0.29, 0.717) is 12.6 Å². The second-order valence-electron chi connectivity index (χ2n) is 6.14. The van der Waals surface area contributed by atoms with Crippen LogP contribution < -0.4 is 16.0 Å². The van der Waals surface area contributed by atoms with Crippen molar-refractivity contribution >= 4 is 11.9 Å². The minimum absolute atomic E-state index is 0.0144. The summed E-state index contributed by atoms with van der Waals surface area (Å²) < 4.78 is 5.96. The van der Waals surface area contributed by atoms with Gasteiger partial charge in [0.2, 0.25) is 5.91 Å². The highest BCUT2D eigenvalue weighted by Crippen LogP contribution is 2.32. The van der Waals surface area contributed by atoms with Crippen LogP contribution in [0.1, 0.15) is 37.4 Å². The van der Waals surface area contributed by atoms with Gasteiger partial charge in [-0.15, -0.1) is 0 Å². The number of urea groups is 1. The van der Waals surface area contributed by atoms with E-state index in [1.807, 2.05) is 18.2 Å². The number of carbonyl (C=O) groups excluding carboxylic acids is 2. The third-order valence-electron chi connectivity index (χ3n) is 4.12. The summed E-state index contributed by atoms with van der Waals surface area (Å²) in [5, 5.41) is 8.15. The lowest BCUT2D eigenvalue weighted by molar-refractivity contribution is -0.120. The number of hydrogen-bond acceptors (Lipinski definition) is 3. The third-order valence-corrected chi connectivity index (χ3v) is 4.12.